The summed E-state index contributed by atoms with van der Waals surface area (Å²) in [4.78, 5) is 15.6. The molecular weight excluding hydrogens is 271 g/mol. The first kappa shape index (κ1) is 15.6. The molecule has 2 atom stereocenters. The first-order chi connectivity index (χ1) is 9.22. The highest BCUT2D eigenvalue weighted by Gasteiger charge is 2.45. The predicted octanol–water partition coefficient (Wildman–Crippen LogP) is 1.21. The SMILES string of the molecule is CC1(C(=O)N2CCN(CC(F)(F)F)CC2)CCCC1N. The Labute approximate surface area is 117 Å². The van der Waals surface area contributed by atoms with Crippen LogP contribution in [0.3, 0.4) is 0 Å². The van der Waals surface area contributed by atoms with Crippen molar-refractivity contribution in [3.05, 3.63) is 0 Å². The summed E-state index contributed by atoms with van der Waals surface area (Å²) in [6, 6.07) is -0.136. The van der Waals surface area contributed by atoms with Crippen molar-refractivity contribution in [1.29, 1.82) is 0 Å². The number of alkyl halides is 3. The Morgan fingerprint density at radius 2 is 1.90 bits per heavy atom. The third kappa shape index (κ3) is 3.25. The average molecular weight is 293 g/mol. The Hall–Kier alpha value is -0.820. The van der Waals surface area contributed by atoms with Crippen LogP contribution in [0.1, 0.15) is 26.2 Å². The van der Waals surface area contributed by atoms with Gasteiger partial charge in [0, 0.05) is 32.2 Å². The van der Waals surface area contributed by atoms with Crippen LogP contribution in [-0.4, -0.2) is 60.6 Å². The van der Waals surface area contributed by atoms with Crippen LogP contribution in [0.15, 0.2) is 0 Å². The third-order valence-corrected chi connectivity index (χ3v) is 4.58. The van der Waals surface area contributed by atoms with E-state index in [2.05, 4.69) is 0 Å². The van der Waals surface area contributed by atoms with Crippen LogP contribution < -0.4 is 5.73 Å². The fourth-order valence-electron chi connectivity index (χ4n) is 3.18. The number of amides is 1. The largest absolute Gasteiger partial charge is 0.401 e. The number of piperazine rings is 1. The highest BCUT2D eigenvalue weighted by atomic mass is 19.4. The van der Waals surface area contributed by atoms with Crippen LogP contribution in [-0.2, 0) is 4.79 Å². The Morgan fingerprint density at radius 3 is 2.35 bits per heavy atom. The molecule has 2 unspecified atom stereocenters. The van der Waals surface area contributed by atoms with Gasteiger partial charge in [-0.2, -0.15) is 13.2 Å². The van der Waals surface area contributed by atoms with E-state index in [1.54, 1.807) is 4.90 Å². The van der Waals surface area contributed by atoms with Gasteiger partial charge in [0.15, 0.2) is 0 Å². The van der Waals surface area contributed by atoms with Gasteiger partial charge in [0.1, 0.15) is 0 Å². The van der Waals surface area contributed by atoms with Crippen LogP contribution >= 0.6 is 0 Å². The smallest absolute Gasteiger partial charge is 0.340 e. The maximum absolute atomic E-state index is 12.5. The highest BCUT2D eigenvalue weighted by Crippen LogP contribution is 2.38. The van der Waals surface area contributed by atoms with Crippen LogP contribution in [0, 0.1) is 5.41 Å². The molecule has 1 heterocycles. The van der Waals surface area contributed by atoms with Crippen LogP contribution in [0.4, 0.5) is 13.2 Å². The van der Waals surface area contributed by atoms with Gasteiger partial charge >= 0.3 is 6.18 Å². The maximum Gasteiger partial charge on any atom is 0.401 e. The zero-order valence-electron chi connectivity index (χ0n) is 11.7. The number of nitrogens with two attached hydrogens (primary N) is 1. The Kier molecular flexibility index (Phi) is 4.30. The van der Waals surface area contributed by atoms with Gasteiger partial charge in [0.05, 0.1) is 12.0 Å². The fourth-order valence-corrected chi connectivity index (χ4v) is 3.18. The molecule has 1 saturated carbocycles. The molecule has 2 fully saturated rings. The normalized spacial score (nSPS) is 32.6. The van der Waals surface area contributed by atoms with E-state index < -0.39 is 18.1 Å². The number of halogens is 3. The van der Waals surface area contributed by atoms with E-state index in [4.69, 9.17) is 5.73 Å². The number of hydrogen-bond donors (Lipinski definition) is 1. The zero-order chi connectivity index (χ0) is 15.0. The summed E-state index contributed by atoms with van der Waals surface area (Å²) in [6.45, 7) is 2.25. The molecule has 1 saturated heterocycles. The highest BCUT2D eigenvalue weighted by molar-refractivity contribution is 5.83. The lowest BCUT2D eigenvalue weighted by Gasteiger charge is -2.40. The number of rotatable bonds is 2. The second-order valence-corrected chi connectivity index (χ2v) is 6.10. The summed E-state index contributed by atoms with van der Waals surface area (Å²) in [5.74, 6) is 0.00848. The molecule has 1 aliphatic heterocycles. The van der Waals surface area contributed by atoms with E-state index >= 15 is 0 Å². The van der Waals surface area contributed by atoms with Gasteiger partial charge < -0.3 is 10.6 Å². The van der Waals surface area contributed by atoms with E-state index in [0.29, 0.717) is 13.1 Å². The summed E-state index contributed by atoms with van der Waals surface area (Å²) in [5.41, 5.74) is 5.49. The van der Waals surface area contributed by atoms with Crippen molar-refractivity contribution in [2.45, 2.75) is 38.4 Å². The number of carbonyl (C=O) groups excluding carboxylic acids is 1. The van der Waals surface area contributed by atoms with Gasteiger partial charge in [-0.25, -0.2) is 0 Å². The van der Waals surface area contributed by atoms with Gasteiger partial charge in [-0.05, 0) is 19.8 Å². The molecule has 2 aliphatic rings. The maximum atomic E-state index is 12.5. The quantitative estimate of drug-likeness (QED) is 0.832. The lowest BCUT2D eigenvalue weighted by molar-refractivity contribution is -0.154. The third-order valence-electron chi connectivity index (χ3n) is 4.58. The van der Waals surface area contributed by atoms with Crippen molar-refractivity contribution in [1.82, 2.24) is 9.80 Å². The summed E-state index contributed by atoms with van der Waals surface area (Å²) >= 11 is 0. The number of hydrogen-bond acceptors (Lipinski definition) is 3. The molecule has 0 radical (unpaired) electrons. The first-order valence-corrected chi connectivity index (χ1v) is 7.06. The number of carbonyl (C=O) groups is 1. The summed E-state index contributed by atoms with van der Waals surface area (Å²) in [5, 5.41) is 0. The van der Waals surface area contributed by atoms with Crippen molar-refractivity contribution >= 4 is 5.91 Å². The van der Waals surface area contributed by atoms with Crippen molar-refractivity contribution in [3.8, 4) is 0 Å². The van der Waals surface area contributed by atoms with Crippen LogP contribution in [0.5, 0.6) is 0 Å². The molecule has 0 aromatic carbocycles. The fraction of sp³-hybridized carbons (Fsp3) is 0.923. The number of nitrogens with zero attached hydrogens (tertiary/aromatic N) is 2. The molecule has 2 N–H and O–H groups in total. The van der Waals surface area contributed by atoms with E-state index in [9.17, 15) is 18.0 Å². The molecule has 1 aliphatic carbocycles. The van der Waals surface area contributed by atoms with Gasteiger partial charge in [-0.1, -0.05) is 6.42 Å². The van der Waals surface area contributed by atoms with Crippen molar-refractivity contribution in [3.63, 3.8) is 0 Å². The first-order valence-electron chi connectivity index (χ1n) is 7.06. The van der Waals surface area contributed by atoms with Crippen LogP contribution in [0.2, 0.25) is 0 Å². The van der Waals surface area contributed by atoms with E-state index in [-0.39, 0.29) is 25.0 Å². The van der Waals surface area contributed by atoms with E-state index in [1.807, 2.05) is 6.92 Å². The standard InChI is InChI=1S/C13H22F3N3O/c1-12(4-2-3-10(12)17)11(20)19-7-5-18(6-8-19)9-13(14,15)16/h10H,2-9,17H2,1H3. The van der Waals surface area contributed by atoms with E-state index in [0.717, 1.165) is 19.3 Å². The molecular formula is C13H22F3N3O. The molecule has 20 heavy (non-hydrogen) atoms. The second kappa shape index (κ2) is 5.52. The van der Waals surface area contributed by atoms with Crippen molar-refractivity contribution in [2.75, 3.05) is 32.7 Å². The lowest BCUT2D eigenvalue weighted by Crippen LogP contribution is -2.56. The monoisotopic (exact) mass is 293 g/mol. The lowest BCUT2D eigenvalue weighted by atomic mass is 9.83. The van der Waals surface area contributed by atoms with Gasteiger partial charge in [0.25, 0.3) is 0 Å². The van der Waals surface area contributed by atoms with E-state index in [1.165, 1.54) is 4.90 Å². The Balaban J connectivity index is 1.89. The Bertz CT molecular complexity index is 366. The second-order valence-electron chi connectivity index (χ2n) is 6.10. The molecule has 1 amide bonds. The molecule has 4 nitrogen and oxygen atoms in total. The molecule has 0 aromatic heterocycles. The predicted molar refractivity (Wildman–Crippen MR) is 69.0 cm³/mol. The summed E-state index contributed by atoms with van der Waals surface area (Å²) in [7, 11) is 0. The van der Waals surface area contributed by atoms with Crippen molar-refractivity contribution in [2.24, 2.45) is 11.1 Å². The molecule has 116 valence electrons. The van der Waals surface area contributed by atoms with Crippen LogP contribution in [0.25, 0.3) is 0 Å². The molecule has 2 rings (SSSR count). The molecule has 7 heteroatoms. The molecule has 0 spiro atoms. The minimum absolute atomic E-state index is 0.00848. The minimum Gasteiger partial charge on any atom is -0.340 e. The summed E-state index contributed by atoms with van der Waals surface area (Å²) in [6.07, 6.45) is -1.62. The zero-order valence-corrected chi connectivity index (χ0v) is 11.7. The van der Waals surface area contributed by atoms with Crippen molar-refractivity contribution < 1.29 is 18.0 Å². The Morgan fingerprint density at radius 1 is 1.30 bits per heavy atom. The average Bonchev–Trinajstić information content (AvgIpc) is 2.69. The van der Waals surface area contributed by atoms with Gasteiger partial charge in [-0.15, -0.1) is 0 Å². The topological polar surface area (TPSA) is 49.6 Å². The summed E-state index contributed by atoms with van der Waals surface area (Å²) < 4.78 is 36.9. The van der Waals surface area contributed by atoms with Gasteiger partial charge in [-0.3, -0.25) is 9.69 Å². The minimum atomic E-state index is -4.17. The molecule has 0 aromatic rings. The molecule has 0 bridgehead atoms. The van der Waals surface area contributed by atoms with Gasteiger partial charge in [0.2, 0.25) is 5.91 Å².